The Labute approximate surface area is 148 Å². The second-order valence-electron chi connectivity index (χ2n) is 5.96. The second-order valence-corrected chi connectivity index (χ2v) is 7.64. The van der Waals surface area contributed by atoms with E-state index < -0.39 is 15.9 Å². The molecule has 2 rings (SSSR count). The Morgan fingerprint density at radius 2 is 1.72 bits per heavy atom. The van der Waals surface area contributed by atoms with Gasteiger partial charge in [-0.1, -0.05) is 17.7 Å². The molecule has 0 aliphatic rings. The van der Waals surface area contributed by atoms with Gasteiger partial charge >= 0.3 is 0 Å². The van der Waals surface area contributed by atoms with E-state index in [0.29, 0.717) is 5.69 Å². The minimum atomic E-state index is -3.79. The van der Waals surface area contributed by atoms with Gasteiger partial charge < -0.3 is 10.1 Å². The van der Waals surface area contributed by atoms with Crippen LogP contribution in [0.5, 0.6) is 5.75 Å². The number of benzene rings is 2. The molecule has 0 saturated heterocycles. The standard InChI is InChI=1S/C18H22N2O4S/c1-12(2)20-25(22,23)17-11-14(7-10-16(17)24-4)18(21)19-15-8-5-13(3)6-9-15/h5-12,20H,1-4H3,(H,19,21). The molecule has 2 aromatic rings. The van der Waals surface area contributed by atoms with E-state index in [2.05, 4.69) is 10.0 Å². The molecule has 0 saturated carbocycles. The van der Waals surface area contributed by atoms with Gasteiger partial charge in [-0.15, -0.1) is 0 Å². The number of amides is 1. The van der Waals surface area contributed by atoms with Gasteiger partial charge in [0.05, 0.1) is 7.11 Å². The molecule has 7 heteroatoms. The summed E-state index contributed by atoms with van der Waals surface area (Å²) in [6.07, 6.45) is 0. The van der Waals surface area contributed by atoms with Crippen molar-refractivity contribution in [1.29, 1.82) is 0 Å². The molecule has 0 aromatic heterocycles. The first-order chi connectivity index (χ1) is 11.7. The summed E-state index contributed by atoms with van der Waals surface area (Å²) in [6, 6.07) is 11.4. The number of ether oxygens (including phenoxy) is 1. The molecule has 2 N–H and O–H groups in total. The second kappa shape index (κ2) is 7.67. The maximum Gasteiger partial charge on any atom is 0.255 e. The number of carbonyl (C=O) groups is 1. The van der Waals surface area contributed by atoms with E-state index in [9.17, 15) is 13.2 Å². The van der Waals surface area contributed by atoms with Crippen LogP contribution in [0.2, 0.25) is 0 Å². The van der Waals surface area contributed by atoms with Crippen molar-refractivity contribution in [3.8, 4) is 5.75 Å². The zero-order chi connectivity index (χ0) is 18.6. The third-order valence-corrected chi connectivity index (χ3v) is 5.10. The van der Waals surface area contributed by atoms with Crippen LogP contribution in [0.4, 0.5) is 5.69 Å². The maximum absolute atomic E-state index is 12.5. The van der Waals surface area contributed by atoms with E-state index in [0.717, 1.165) is 5.56 Å². The fourth-order valence-electron chi connectivity index (χ4n) is 2.24. The van der Waals surface area contributed by atoms with E-state index in [4.69, 9.17) is 4.74 Å². The summed E-state index contributed by atoms with van der Waals surface area (Å²) in [4.78, 5) is 12.4. The Balaban J connectivity index is 2.34. The minimum absolute atomic E-state index is 0.0692. The minimum Gasteiger partial charge on any atom is -0.495 e. The number of carbonyl (C=O) groups excluding carboxylic acids is 1. The van der Waals surface area contributed by atoms with Gasteiger partial charge in [-0.3, -0.25) is 4.79 Å². The number of hydrogen-bond acceptors (Lipinski definition) is 4. The third kappa shape index (κ3) is 4.80. The third-order valence-electron chi connectivity index (χ3n) is 3.42. The van der Waals surface area contributed by atoms with E-state index in [1.807, 2.05) is 19.1 Å². The summed E-state index contributed by atoms with van der Waals surface area (Å²) in [5.41, 5.74) is 1.94. The Bertz CT molecular complexity index is 859. The van der Waals surface area contributed by atoms with Crippen molar-refractivity contribution in [2.45, 2.75) is 31.7 Å². The predicted molar refractivity (Wildman–Crippen MR) is 97.6 cm³/mol. The van der Waals surface area contributed by atoms with Crippen LogP contribution in [-0.2, 0) is 10.0 Å². The van der Waals surface area contributed by atoms with Crippen molar-refractivity contribution in [3.05, 3.63) is 53.6 Å². The smallest absolute Gasteiger partial charge is 0.255 e. The van der Waals surface area contributed by atoms with Crippen molar-refractivity contribution in [1.82, 2.24) is 4.72 Å². The van der Waals surface area contributed by atoms with Crippen molar-refractivity contribution >= 4 is 21.6 Å². The molecule has 0 radical (unpaired) electrons. The van der Waals surface area contributed by atoms with Crippen molar-refractivity contribution in [3.63, 3.8) is 0 Å². The molecule has 0 spiro atoms. The van der Waals surface area contributed by atoms with E-state index >= 15 is 0 Å². The van der Waals surface area contributed by atoms with Gasteiger partial charge in [0.1, 0.15) is 10.6 Å². The van der Waals surface area contributed by atoms with E-state index in [-0.39, 0.29) is 22.3 Å². The normalized spacial score (nSPS) is 11.4. The number of methoxy groups -OCH3 is 1. The number of anilines is 1. The lowest BCUT2D eigenvalue weighted by Crippen LogP contribution is -2.30. The average molecular weight is 362 g/mol. The molecule has 0 bridgehead atoms. The molecule has 0 aliphatic carbocycles. The number of hydrogen-bond donors (Lipinski definition) is 2. The van der Waals surface area contributed by atoms with Crippen LogP contribution >= 0.6 is 0 Å². The molecule has 25 heavy (non-hydrogen) atoms. The highest BCUT2D eigenvalue weighted by atomic mass is 32.2. The largest absolute Gasteiger partial charge is 0.495 e. The first-order valence-corrected chi connectivity index (χ1v) is 9.29. The highest BCUT2D eigenvalue weighted by Gasteiger charge is 2.22. The molecule has 1 amide bonds. The van der Waals surface area contributed by atoms with Crippen molar-refractivity contribution in [2.75, 3.05) is 12.4 Å². The molecular formula is C18H22N2O4S. The van der Waals surface area contributed by atoms with Crippen LogP contribution in [0.3, 0.4) is 0 Å². The monoisotopic (exact) mass is 362 g/mol. The Morgan fingerprint density at radius 1 is 1.08 bits per heavy atom. The summed E-state index contributed by atoms with van der Waals surface area (Å²) in [6.45, 7) is 5.39. The van der Waals surface area contributed by atoms with Crippen LogP contribution < -0.4 is 14.8 Å². The molecule has 0 atom stereocenters. The average Bonchev–Trinajstić information content (AvgIpc) is 2.55. The van der Waals surface area contributed by atoms with E-state index in [1.165, 1.54) is 25.3 Å². The van der Waals surface area contributed by atoms with Gasteiger partial charge in [-0.25, -0.2) is 13.1 Å². The summed E-state index contributed by atoms with van der Waals surface area (Å²) in [5, 5.41) is 2.75. The van der Waals surface area contributed by atoms with E-state index in [1.54, 1.807) is 26.0 Å². The molecule has 0 heterocycles. The lowest BCUT2D eigenvalue weighted by Gasteiger charge is -2.14. The molecule has 2 aromatic carbocycles. The van der Waals surface area contributed by atoms with Gasteiger partial charge in [-0.05, 0) is 51.1 Å². The molecule has 0 unspecified atom stereocenters. The van der Waals surface area contributed by atoms with Crippen LogP contribution in [0, 0.1) is 6.92 Å². The summed E-state index contributed by atoms with van der Waals surface area (Å²) in [5.74, 6) is -0.215. The fourth-order valence-corrected chi connectivity index (χ4v) is 3.69. The zero-order valence-corrected chi connectivity index (χ0v) is 15.5. The highest BCUT2D eigenvalue weighted by molar-refractivity contribution is 7.89. The first kappa shape index (κ1) is 19.0. The molecule has 6 nitrogen and oxygen atoms in total. The van der Waals surface area contributed by atoms with Crippen molar-refractivity contribution < 1.29 is 17.9 Å². The first-order valence-electron chi connectivity index (χ1n) is 7.81. The van der Waals surface area contributed by atoms with Crippen LogP contribution in [0.15, 0.2) is 47.4 Å². The maximum atomic E-state index is 12.5. The van der Waals surface area contributed by atoms with Crippen molar-refractivity contribution in [2.24, 2.45) is 0 Å². The SMILES string of the molecule is COc1ccc(C(=O)Nc2ccc(C)cc2)cc1S(=O)(=O)NC(C)C. The summed E-state index contributed by atoms with van der Waals surface area (Å²) >= 11 is 0. The Morgan fingerprint density at radius 3 is 2.28 bits per heavy atom. The van der Waals surface area contributed by atoms with Gasteiger partial charge in [0, 0.05) is 17.3 Å². The van der Waals surface area contributed by atoms with Gasteiger partial charge in [0.15, 0.2) is 0 Å². The molecule has 134 valence electrons. The predicted octanol–water partition coefficient (Wildman–Crippen LogP) is 2.94. The zero-order valence-electron chi connectivity index (χ0n) is 14.7. The number of aryl methyl sites for hydroxylation is 1. The number of rotatable bonds is 6. The van der Waals surface area contributed by atoms with Gasteiger partial charge in [-0.2, -0.15) is 0 Å². The van der Waals surface area contributed by atoms with Gasteiger partial charge in [0.25, 0.3) is 5.91 Å². The molecule has 0 aliphatic heterocycles. The number of sulfonamides is 1. The van der Waals surface area contributed by atoms with Gasteiger partial charge in [0.2, 0.25) is 10.0 Å². The quantitative estimate of drug-likeness (QED) is 0.827. The van der Waals surface area contributed by atoms with Crippen LogP contribution in [0.1, 0.15) is 29.8 Å². The van der Waals surface area contributed by atoms with Crippen LogP contribution in [0.25, 0.3) is 0 Å². The molecule has 0 fully saturated rings. The Hall–Kier alpha value is -2.38. The lowest BCUT2D eigenvalue weighted by atomic mass is 10.2. The Kier molecular flexibility index (Phi) is 5.81. The molecular weight excluding hydrogens is 340 g/mol. The lowest BCUT2D eigenvalue weighted by molar-refractivity contribution is 0.102. The van der Waals surface area contributed by atoms with Crippen LogP contribution in [-0.4, -0.2) is 27.5 Å². The topological polar surface area (TPSA) is 84.5 Å². The highest BCUT2D eigenvalue weighted by Crippen LogP contribution is 2.25. The fraction of sp³-hybridized carbons (Fsp3) is 0.278. The number of nitrogens with one attached hydrogen (secondary N) is 2. The summed E-state index contributed by atoms with van der Waals surface area (Å²) < 4.78 is 32.6. The summed E-state index contributed by atoms with van der Waals surface area (Å²) in [7, 11) is -2.41.